The maximum atomic E-state index is 5.65. The van der Waals surface area contributed by atoms with Crippen molar-refractivity contribution >= 4 is 10.8 Å². The lowest BCUT2D eigenvalue weighted by Crippen LogP contribution is -2.35. The van der Waals surface area contributed by atoms with Crippen LogP contribution in [0.4, 0.5) is 0 Å². The molecule has 0 saturated carbocycles. The fourth-order valence-corrected chi connectivity index (χ4v) is 2.21. The summed E-state index contributed by atoms with van der Waals surface area (Å²) < 4.78 is 0. The molecule has 0 amide bonds. The normalized spacial score (nSPS) is 14.8. The maximum Gasteiger partial charge on any atom is 0.0300 e. The molecule has 2 unspecified atom stereocenters. The summed E-state index contributed by atoms with van der Waals surface area (Å²) in [6.07, 6.45) is 0. The van der Waals surface area contributed by atoms with Gasteiger partial charge in [-0.05, 0) is 30.2 Å². The standard InChI is InChI=1S/C15H20N2/c1-11(10-16)17-12(2)14-9-5-7-13-6-3-4-8-15(13)14/h3-9,11-12,17H,10,16H2,1-2H3. The van der Waals surface area contributed by atoms with Crippen molar-refractivity contribution in [1.82, 2.24) is 5.32 Å². The van der Waals surface area contributed by atoms with E-state index < -0.39 is 0 Å². The van der Waals surface area contributed by atoms with Gasteiger partial charge in [-0.2, -0.15) is 0 Å². The predicted octanol–water partition coefficient (Wildman–Crippen LogP) is 2.84. The highest BCUT2D eigenvalue weighted by atomic mass is 15.0. The molecule has 2 aromatic rings. The molecular weight excluding hydrogens is 208 g/mol. The summed E-state index contributed by atoms with van der Waals surface area (Å²) in [6.45, 7) is 4.96. The lowest BCUT2D eigenvalue weighted by atomic mass is 9.99. The Morgan fingerprint density at radius 1 is 1.06 bits per heavy atom. The van der Waals surface area contributed by atoms with Gasteiger partial charge in [-0.1, -0.05) is 42.5 Å². The van der Waals surface area contributed by atoms with Crippen LogP contribution < -0.4 is 11.1 Å². The van der Waals surface area contributed by atoms with E-state index in [1.165, 1.54) is 16.3 Å². The van der Waals surface area contributed by atoms with E-state index in [1.54, 1.807) is 0 Å². The highest BCUT2D eigenvalue weighted by Crippen LogP contribution is 2.24. The van der Waals surface area contributed by atoms with Crippen LogP contribution in [0, 0.1) is 0 Å². The van der Waals surface area contributed by atoms with E-state index in [4.69, 9.17) is 5.73 Å². The van der Waals surface area contributed by atoms with Crippen LogP contribution >= 0.6 is 0 Å². The molecule has 2 atom stereocenters. The summed E-state index contributed by atoms with van der Waals surface area (Å²) in [5, 5.41) is 6.12. The molecule has 0 heterocycles. The highest BCUT2D eigenvalue weighted by molar-refractivity contribution is 5.86. The maximum absolute atomic E-state index is 5.65. The Morgan fingerprint density at radius 3 is 2.53 bits per heavy atom. The van der Waals surface area contributed by atoms with Crippen LogP contribution in [0.5, 0.6) is 0 Å². The van der Waals surface area contributed by atoms with Crippen LogP contribution in [-0.4, -0.2) is 12.6 Å². The van der Waals surface area contributed by atoms with Crippen molar-refractivity contribution in [2.24, 2.45) is 5.73 Å². The Morgan fingerprint density at radius 2 is 1.76 bits per heavy atom. The van der Waals surface area contributed by atoms with E-state index >= 15 is 0 Å². The number of hydrogen-bond donors (Lipinski definition) is 2. The van der Waals surface area contributed by atoms with E-state index in [0.29, 0.717) is 18.6 Å². The van der Waals surface area contributed by atoms with Crippen molar-refractivity contribution in [1.29, 1.82) is 0 Å². The predicted molar refractivity (Wildman–Crippen MR) is 74.0 cm³/mol. The van der Waals surface area contributed by atoms with Gasteiger partial charge in [-0.25, -0.2) is 0 Å². The third kappa shape index (κ3) is 2.65. The third-order valence-electron chi connectivity index (χ3n) is 3.18. The topological polar surface area (TPSA) is 38.0 Å². The van der Waals surface area contributed by atoms with E-state index in [9.17, 15) is 0 Å². The average Bonchev–Trinajstić information content (AvgIpc) is 2.37. The summed E-state index contributed by atoms with van der Waals surface area (Å²) in [5.41, 5.74) is 6.99. The van der Waals surface area contributed by atoms with Crippen LogP contribution in [0.15, 0.2) is 42.5 Å². The molecule has 0 aliphatic carbocycles. The Labute approximate surface area is 103 Å². The molecule has 0 saturated heterocycles. The van der Waals surface area contributed by atoms with Gasteiger partial charge in [0.25, 0.3) is 0 Å². The lowest BCUT2D eigenvalue weighted by Gasteiger charge is -2.20. The van der Waals surface area contributed by atoms with Crippen molar-refractivity contribution < 1.29 is 0 Å². The van der Waals surface area contributed by atoms with Gasteiger partial charge in [0, 0.05) is 18.6 Å². The monoisotopic (exact) mass is 228 g/mol. The molecule has 0 aliphatic rings. The fraction of sp³-hybridized carbons (Fsp3) is 0.333. The van der Waals surface area contributed by atoms with Crippen molar-refractivity contribution in [3.8, 4) is 0 Å². The molecule has 0 fully saturated rings. The number of nitrogens with two attached hydrogens (primary N) is 1. The number of fused-ring (bicyclic) bond motifs is 1. The van der Waals surface area contributed by atoms with E-state index in [0.717, 1.165) is 0 Å². The van der Waals surface area contributed by atoms with Gasteiger partial charge in [0.1, 0.15) is 0 Å². The second kappa shape index (κ2) is 5.30. The lowest BCUT2D eigenvalue weighted by molar-refractivity contribution is 0.487. The first kappa shape index (κ1) is 12.1. The zero-order valence-electron chi connectivity index (χ0n) is 10.5. The van der Waals surface area contributed by atoms with Gasteiger partial charge >= 0.3 is 0 Å². The van der Waals surface area contributed by atoms with Crippen LogP contribution in [-0.2, 0) is 0 Å². The van der Waals surface area contributed by atoms with E-state index in [-0.39, 0.29) is 0 Å². The largest absolute Gasteiger partial charge is 0.329 e. The van der Waals surface area contributed by atoms with Gasteiger partial charge in [0.15, 0.2) is 0 Å². The van der Waals surface area contributed by atoms with Crippen LogP contribution in [0.3, 0.4) is 0 Å². The summed E-state index contributed by atoms with van der Waals surface area (Å²) in [6, 6.07) is 15.6. The summed E-state index contributed by atoms with van der Waals surface area (Å²) >= 11 is 0. The van der Waals surface area contributed by atoms with Gasteiger partial charge in [-0.3, -0.25) is 0 Å². The number of hydrogen-bond acceptors (Lipinski definition) is 2. The summed E-state index contributed by atoms with van der Waals surface area (Å²) in [5.74, 6) is 0. The first-order valence-electron chi connectivity index (χ1n) is 6.16. The molecule has 0 aliphatic heterocycles. The highest BCUT2D eigenvalue weighted by Gasteiger charge is 2.10. The molecular formula is C15H20N2. The van der Waals surface area contributed by atoms with Crippen LogP contribution in [0.1, 0.15) is 25.5 Å². The van der Waals surface area contributed by atoms with E-state index in [1.807, 2.05) is 0 Å². The minimum Gasteiger partial charge on any atom is -0.329 e. The summed E-state index contributed by atoms with van der Waals surface area (Å²) in [7, 11) is 0. The molecule has 2 aromatic carbocycles. The molecule has 2 heteroatoms. The molecule has 17 heavy (non-hydrogen) atoms. The quantitative estimate of drug-likeness (QED) is 0.844. The average molecular weight is 228 g/mol. The zero-order valence-corrected chi connectivity index (χ0v) is 10.5. The van der Waals surface area contributed by atoms with Gasteiger partial charge in [-0.15, -0.1) is 0 Å². The number of nitrogens with one attached hydrogen (secondary N) is 1. The van der Waals surface area contributed by atoms with Gasteiger partial charge < -0.3 is 11.1 Å². The minimum atomic E-state index is 0.319. The molecule has 90 valence electrons. The number of benzene rings is 2. The zero-order chi connectivity index (χ0) is 12.3. The summed E-state index contributed by atoms with van der Waals surface area (Å²) in [4.78, 5) is 0. The molecule has 2 rings (SSSR count). The first-order chi connectivity index (χ1) is 8.22. The number of rotatable bonds is 4. The smallest absolute Gasteiger partial charge is 0.0300 e. The van der Waals surface area contributed by atoms with E-state index in [2.05, 4.69) is 61.6 Å². The van der Waals surface area contributed by atoms with Gasteiger partial charge in [0.05, 0.1) is 0 Å². The molecule has 0 spiro atoms. The Kier molecular flexibility index (Phi) is 3.77. The minimum absolute atomic E-state index is 0.319. The van der Waals surface area contributed by atoms with Crippen molar-refractivity contribution in [2.75, 3.05) is 6.54 Å². The molecule has 0 radical (unpaired) electrons. The molecule has 0 aromatic heterocycles. The van der Waals surface area contributed by atoms with Crippen molar-refractivity contribution in [3.05, 3.63) is 48.0 Å². The third-order valence-corrected chi connectivity index (χ3v) is 3.18. The Bertz CT molecular complexity index is 488. The van der Waals surface area contributed by atoms with Crippen molar-refractivity contribution in [2.45, 2.75) is 25.9 Å². The van der Waals surface area contributed by atoms with Crippen LogP contribution in [0.25, 0.3) is 10.8 Å². The SMILES string of the molecule is CC(CN)NC(C)c1cccc2ccccc12. The van der Waals surface area contributed by atoms with Crippen molar-refractivity contribution in [3.63, 3.8) is 0 Å². The van der Waals surface area contributed by atoms with Crippen LogP contribution in [0.2, 0.25) is 0 Å². The Hall–Kier alpha value is -1.38. The second-order valence-corrected chi connectivity index (χ2v) is 4.59. The molecule has 2 nitrogen and oxygen atoms in total. The fourth-order valence-electron chi connectivity index (χ4n) is 2.21. The molecule has 0 bridgehead atoms. The molecule has 3 N–H and O–H groups in total. The Balaban J connectivity index is 2.34. The second-order valence-electron chi connectivity index (χ2n) is 4.59. The first-order valence-corrected chi connectivity index (χ1v) is 6.16. The van der Waals surface area contributed by atoms with Gasteiger partial charge in [0.2, 0.25) is 0 Å².